The van der Waals surface area contributed by atoms with Gasteiger partial charge in [0.25, 0.3) is 0 Å². The molecule has 2 aliphatic carbocycles. The number of hydrogen-bond donors (Lipinski definition) is 0. The van der Waals surface area contributed by atoms with Crippen LogP contribution >= 0.6 is 0 Å². The topological polar surface area (TPSA) is 47.8 Å². The van der Waals surface area contributed by atoms with E-state index in [1.165, 1.54) is 24.1 Å². The second-order valence-corrected chi connectivity index (χ2v) is 6.37. The van der Waals surface area contributed by atoms with Gasteiger partial charge in [-0.25, -0.2) is 0 Å². The molecule has 2 fully saturated rings. The molecule has 0 aromatic carbocycles. The molecule has 0 saturated heterocycles. The minimum atomic E-state index is 0.226. The lowest BCUT2D eigenvalue weighted by atomic mass is 9.81. The summed E-state index contributed by atoms with van der Waals surface area (Å²) in [7, 11) is 0. The highest BCUT2D eigenvalue weighted by molar-refractivity contribution is 5.63. The summed E-state index contributed by atoms with van der Waals surface area (Å²) in [5.74, 6) is 0.828. The molecule has 0 unspecified atom stereocenters. The van der Waals surface area contributed by atoms with Crippen molar-refractivity contribution in [2.75, 3.05) is 0 Å². The highest BCUT2D eigenvalue weighted by Gasteiger charge is 2.34. The zero-order valence-electron chi connectivity index (χ0n) is 12.2. The zero-order valence-corrected chi connectivity index (χ0v) is 12.2. The largest absolute Gasteiger partial charge is 0.303 e. The van der Waals surface area contributed by atoms with Gasteiger partial charge in [0.2, 0.25) is 0 Å². The van der Waals surface area contributed by atoms with E-state index in [-0.39, 0.29) is 5.92 Å². The average Bonchev–Trinajstić information content (AvgIpc) is 3.18. The van der Waals surface area contributed by atoms with Gasteiger partial charge in [0.15, 0.2) is 0 Å². The molecule has 2 aromatic heterocycles. The Balaban J connectivity index is 1.69. The van der Waals surface area contributed by atoms with E-state index in [1.54, 1.807) is 0 Å². The fraction of sp³-hybridized carbons (Fsp3) is 0.471. The first-order valence-corrected chi connectivity index (χ1v) is 7.73. The monoisotopic (exact) mass is 281 g/mol. The predicted octanol–water partition coefficient (Wildman–Crippen LogP) is 3.28. The first-order valence-electron chi connectivity index (χ1n) is 7.73. The fourth-order valence-corrected chi connectivity index (χ4v) is 3.10. The van der Waals surface area contributed by atoms with Crippen molar-refractivity contribution < 1.29 is 4.79 Å². The van der Waals surface area contributed by atoms with Crippen LogP contribution in [0.5, 0.6) is 0 Å². The van der Waals surface area contributed by atoms with Gasteiger partial charge in [-0.2, -0.15) is 5.10 Å². The Morgan fingerprint density at radius 1 is 1.29 bits per heavy atom. The van der Waals surface area contributed by atoms with Crippen LogP contribution < -0.4 is 0 Å². The summed E-state index contributed by atoms with van der Waals surface area (Å²) < 4.78 is 2.08. The zero-order chi connectivity index (χ0) is 14.4. The maximum absolute atomic E-state index is 10.8. The van der Waals surface area contributed by atoms with E-state index in [9.17, 15) is 4.79 Å². The van der Waals surface area contributed by atoms with Crippen molar-refractivity contribution in [1.29, 1.82) is 0 Å². The molecular weight excluding hydrogens is 262 g/mol. The molecule has 0 aliphatic heterocycles. The maximum Gasteiger partial charge on any atom is 0.123 e. The number of carbonyl (C=O) groups is 1. The van der Waals surface area contributed by atoms with E-state index in [1.807, 2.05) is 13.0 Å². The number of nitrogens with zero attached hydrogens (tertiary/aromatic N) is 3. The van der Waals surface area contributed by atoms with Crippen LogP contribution in [0, 0.1) is 12.8 Å². The van der Waals surface area contributed by atoms with E-state index in [0.29, 0.717) is 12.0 Å². The van der Waals surface area contributed by atoms with E-state index < -0.39 is 0 Å². The number of aromatic nitrogens is 3. The minimum Gasteiger partial charge on any atom is -0.303 e. The molecule has 4 heteroatoms. The standard InChI is InChI=1S/C17H19N3O/c1-11-3-2-4-16(18-11)15-9-20(14-7-12(8-14)10-21)19-17(15)13-5-6-13/h2-4,9-10,12-14H,5-8H2,1H3. The molecule has 0 spiro atoms. The van der Waals surface area contributed by atoms with Gasteiger partial charge in [0.1, 0.15) is 6.29 Å². The average molecular weight is 281 g/mol. The van der Waals surface area contributed by atoms with Crippen molar-refractivity contribution >= 4 is 6.29 Å². The van der Waals surface area contributed by atoms with Crippen LogP contribution in [-0.4, -0.2) is 21.1 Å². The summed E-state index contributed by atoms with van der Waals surface area (Å²) in [6.07, 6.45) is 7.53. The lowest BCUT2D eigenvalue weighted by Gasteiger charge is -2.31. The smallest absolute Gasteiger partial charge is 0.123 e. The molecule has 2 saturated carbocycles. The van der Waals surface area contributed by atoms with Crippen molar-refractivity contribution in [1.82, 2.24) is 14.8 Å². The highest BCUT2D eigenvalue weighted by atomic mass is 16.1. The van der Waals surface area contributed by atoms with Crippen LogP contribution in [0.1, 0.15) is 49.0 Å². The van der Waals surface area contributed by atoms with Crippen LogP contribution in [0.2, 0.25) is 0 Å². The molecule has 0 bridgehead atoms. The number of carbonyl (C=O) groups excluding carboxylic acids is 1. The number of aldehydes is 1. The van der Waals surface area contributed by atoms with Gasteiger partial charge in [-0.05, 0) is 44.7 Å². The number of rotatable bonds is 4. The van der Waals surface area contributed by atoms with Gasteiger partial charge in [-0.1, -0.05) is 6.07 Å². The summed E-state index contributed by atoms with van der Waals surface area (Å²) in [6.45, 7) is 2.02. The second-order valence-electron chi connectivity index (χ2n) is 6.37. The molecule has 2 aromatic rings. The molecule has 0 amide bonds. The van der Waals surface area contributed by atoms with Gasteiger partial charge in [0.05, 0.1) is 17.4 Å². The summed E-state index contributed by atoms with van der Waals surface area (Å²) in [6, 6.07) is 6.52. The third-order valence-electron chi connectivity index (χ3n) is 4.61. The number of hydrogen-bond acceptors (Lipinski definition) is 3. The molecule has 108 valence electrons. The Kier molecular flexibility index (Phi) is 2.91. The lowest BCUT2D eigenvalue weighted by molar-refractivity contribution is -0.114. The molecular formula is C17H19N3O. The molecule has 4 nitrogen and oxygen atoms in total. The molecule has 21 heavy (non-hydrogen) atoms. The molecule has 4 rings (SSSR count). The SMILES string of the molecule is Cc1cccc(-c2cn(C3CC(C=O)C3)nc2C2CC2)n1. The maximum atomic E-state index is 10.8. The van der Waals surface area contributed by atoms with E-state index in [2.05, 4.69) is 28.0 Å². The van der Waals surface area contributed by atoms with Crippen LogP contribution in [0.15, 0.2) is 24.4 Å². The Morgan fingerprint density at radius 3 is 2.76 bits per heavy atom. The van der Waals surface area contributed by atoms with Gasteiger partial charge in [-0.15, -0.1) is 0 Å². The Morgan fingerprint density at radius 2 is 2.10 bits per heavy atom. The van der Waals surface area contributed by atoms with E-state index >= 15 is 0 Å². The molecule has 0 N–H and O–H groups in total. The molecule has 0 radical (unpaired) electrons. The normalized spacial score (nSPS) is 24.6. The third-order valence-corrected chi connectivity index (χ3v) is 4.61. The summed E-state index contributed by atoms with van der Waals surface area (Å²) >= 11 is 0. The number of pyridine rings is 1. The fourth-order valence-electron chi connectivity index (χ4n) is 3.10. The molecule has 2 aliphatic rings. The number of aryl methyl sites for hydroxylation is 1. The molecule has 2 heterocycles. The molecule has 0 atom stereocenters. The van der Waals surface area contributed by atoms with Gasteiger partial charge in [-0.3, -0.25) is 9.67 Å². The summed E-state index contributed by atoms with van der Waals surface area (Å²) in [5.41, 5.74) is 4.43. The van der Waals surface area contributed by atoms with Gasteiger partial charge in [0, 0.05) is 29.3 Å². The first kappa shape index (κ1) is 12.7. The van der Waals surface area contributed by atoms with Crippen LogP contribution in [0.25, 0.3) is 11.3 Å². The van der Waals surface area contributed by atoms with Gasteiger partial charge >= 0.3 is 0 Å². The van der Waals surface area contributed by atoms with Crippen molar-refractivity contribution in [3.63, 3.8) is 0 Å². The predicted molar refractivity (Wildman–Crippen MR) is 80.0 cm³/mol. The van der Waals surface area contributed by atoms with Crippen molar-refractivity contribution in [3.05, 3.63) is 35.8 Å². The Hall–Kier alpha value is -1.97. The minimum absolute atomic E-state index is 0.226. The van der Waals surface area contributed by atoms with E-state index in [0.717, 1.165) is 30.5 Å². The van der Waals surface area contributed by atoms with Crippen LogP contribution in [0.4, 0.5) is 0 Å². The van der Waals surface area contributed by atoms with Crippen LogP contribution in [-0.2, 0) is 4.79 Å². The third kappa shape index (κ3) is 2.28. The van der Waals surface area contributed by atoms with Gasteiger partial charge < -0.3 is 4.79 Å². The van der Waals surface area contributed by atoms with Crippen LogP contribution in [0.3, 0.4) is 0 Å². The summed E-state index contributed by atoms with van der Waals surface area (Å²) in [4.78, 5) is 15.4. The van der Waals surface area contributed by atoms with Crippen molar-refractivity contribution in [2.24, 2.45) is 5.92 Å². The summed E-state index contributed by atoms with van der Waals surface area (Å²) in [5, 5.41) is 4.83. The van der Waals surface area contributed by atoms with E-state index in [4.69, 9.17) is 5.10 Å². The lowest BCUT2D eigenvalue weighted by Crippen LogP contribution is -2.28. The van der Waals surface area contributed by atoms with Crippen molar-refractivity contribution in [3.8, 4) is 11.3 Å². The first-order chi connectivity index (χ1) is 10.2. The Labute approximate surface area is 124 Å². The second kappa shape index (κ2) is 4.79. The Bertz CT molecular complexity index is 681. The quantitative estimate of drug-likeness (QED) is 0.808. The van der Waals surface area contributed by atoms with Crippen molar-refractivity contribution in [2.45, 2.75) is 44.6 Å². The highest BCUT2D eigenvalue weighted by Crippen LogP contribution is 2.45.